The summed E-state index contributed by atoms with van der Waals surface area (Å²) < 4.78 is 126. The second kappa shape index (κ2) is 14.6. The number of rotatable bonds is 8. The largest absolute Gasteiger partial charge is 0.458 e. The van der Waals surface area contributed by atoms with Gasteiger partial charge in [-0.2, -0.15) is 0 Å². The molecule has 0 spiro atoms. The van der Waals surface area contributed by atoms with Gasteiger partial charge in [0, 0.05) is 23.0 Å². The van der Waals surface area contributed by atoms with Gasteiger partial charge >= 0.3 is 0 Å². The molecule has 0 saturated heterocycles. The Bertz CT molecular complexity index is 3770. The first-order chi connectivity index (χ1) is 34.2. The number of hydrogen-bond donors (Lipinski definition) is 0. The molecule has 7 aromatic carbocycles. The van der Waals surface area contributed by atoms with Gasteiger partial charge in [0.2, 0.25) is 0 Å². The molecule has 0 aliphatic carbocycles. The number of hydrogen-bond acceptors (Lipinski definition) is 2. The lowest BCUT2D eigenvalue weighted by Gasteiger charge is -2.27. The van der Waals surface area contributed by atoms with E-state index < -0.39 is 60.4 Å². The highest BCUT2D eigenvalue weighted by molar-refractivity contribution is 6.09. The number of nitrogens with zero attached hydrogens (tertiary/aromatic N) is 4. The molecule has 5 heteroatoms. The molecular weight excluding hydrogens is 721 g/mol. The van der Waals surface area contributed by atoms with Crippen LogP contribution in [0.3, 0.4) is 0 Å². The van der Waals surface area contributed by atoms with E-state index in [1.807, 2.05) is 92.9 Å². The van der Waals surface area contributed by atoms with Gasteiger partial charge in [-0.25, -0.2) is 4.98 Å². The van der Waals surface area contributed by atoms with E-state index in [1.165, 1.54) is 0 Å². The highest BCUT2D eigenvalue weighted by Gasteiger charge is 2.24. The molecule has 5 nitrogen and oxygen atoms in total. The average molecular weight is 778 g/mol. The van der Waals surface area contributed by atoms with Crippen LogP contribution in [0.1, 0.15) is 57.0 Å². The SMILES string of the molecule is [2H]c1nc(-n2c3ccccc3c3ccc(Oc4cccc(-n5[c-][n+](-c6c(-c7c([2H])c([2H])c([2H])c([2H])c7[2H])cccc6-c6c([2H])c([2H])c([2H])c([2H])c6[2H])c6ccccc65)c4)cc32)c([2H])c(C(C)C(C)(C)C)c1[2H]. The van der Waals surface area contributed by atoms with Gasteiger partial charge in [0.1, 0.15) is 17.3 Å². The van der Waals surface area contributed by atoms with Crippen LogP contribution in [-0.2, 0) is 0 Å². The van der Waals surface area contributed by atoms with Crippen LogP contribution in [0, 0.1) is 11.7 Å². The minimum atomic E-state index is -0.585. The van der Waals surface area contributed by atoms with E-state index in [9.17, 15) is 1.37 Å². The number of aromatic nitrogens is 4. The van der Waals surface area contributed by atoms with Crippen LogP contribution < -0.4 is 9.30 Å². The Labute approximate surface area is 363 Å². The number of fused-ring (bicyclic) bond motifs is 4. The van der Waals surface area contributed by atoms with Gasteiger partial charge in [-0.05, 0) is 87.6 Å². The average Bonchev–Trinajstić information content (AvgIpc) is 3.91. The maximum atomic E-state index is 9.47. The Morgan fingerprint density at radius 2 is 1.31 bits per heavy atom. The Morgan fingerprint density at radius 1 is 0.661 bits per heavy atom. The second-order valence-electron chi connectivity index (χ2n) is 15.4. The summed E-state index contributed by atoms with van der Waals surface area (Å²) in [6.07, 6.45) is 3.19. The lowest BCUT2D eigenvalue weighted by Crippen LogP contribution is -2.31. The lowest BCUT2D eigenvalue weighted by molar-refractivity contribution is -0.571. The Morgan fingerprint density at radius 3 is 2.03 bits per heavy atom. The van der Waals surface area contributed by atoms with Crippen LogP contribution in [-0.4, -0.2) is 14.1 Å². The fourth-order valence-corrected chi connectivity index (χ4v) is 7.51. The zero-order valence-corrected chi connectivity index (χ0v) is 32.7. The third-order valence-corrected chi connectivity index (χ3v) is 10.9. The molecular formula is C54H44N4O. The van der Waals surface area contributed by atoms with Crippen molar-refractivity contribution in [3.8, 4) is 50.9 Å². The van der Waals surface area contributed by atoms with E-state index >= 15 is 0 Å². The van der Waals surface area contributed by atoms with E-state index in [2.05, 4.69) is 11.3 Å². The van der Waals surface area contributed by atoms with Crippen molar-refractivity contribution in [3.05, 3.63) is 200 Å². The molecule has 0 bridgehead atoms. The quantitative estimate of drug-likeness (QED) is 0.114. The molecule has 3 heterocycles. The molecule has 0 fully saturated rings. The number of imidazole rings is 1. The lowest BCUT2D eigenvalue weighted by atomic mass is 9.78. The van der Waals surface area contributed by atoms with Crippen molar-refractivity contribution in [2.24, 2.45) is 5.41 Å². The Hall–Kier alpha value is -7.24. The first-order valence-corrected chi connectivity index (χ1v) is 19.2. The molecule has 10 rings (SSSR count). The van der Waals surface area contributed by atoms with E-state index in [0.29, 0.717) is 39.3 Å². The zero-order valence-electron chi connectivity index (χ0n) is 45.7. The predicted molar refractivity (Wildman–Crippen MR) is 241 cm³/mol. The normalized spacial score (nSPS) is 15.4. The Balaban J connectivity index is 1.14. The van der Waals surface area contributed by atoms with Crippen LogP contribution in [0.4, 0.5) is 0 Å². The third kappa shape index (κ3) is 6.55. The minimum absolute atomic E-state index is 0.0678. The highest BCUT2D eigenvalue weighted by atomic mass is 16.5. The first kappa shape index (κ1) is 24.5. The summed E-state index contributed by atoms with van der Waals surface area (Å²) in [6, 6.07) is 27.2. The molecule has 3 aromatic heterocycles. The monoisotopic (exact) mass is 777 g/mol. The summed E-state index contributed by atoms with van der Waals surface area (Å²) >= 11 is 0. The number of benzene rings is 7. The summed E-state index contributed by atoms with van der Waals surface area (Å²) in [5, 5.41) is 1.77. The molecule has 0 aliphatic rings. The molecule has 59 heavy (non-hydrogen) atoms. The van der Waals surface area contributed by atoms with Crippen molar-refractivity contribution in [1.29, 1.82) is 0 Å². The predicted octanol–water partition coefficient (Wildman–Crippen LogP) is 13.5. The summed E-state index contributed by atoms with van der Waals surface area (Å²) in [4.78, 5) is 4.55. The molecule has 0 saturated carbocycles. The molecule has 0 N–H and O–H groups in total. The van der Waals surface area contributed by atoms with Crippen LogP contribution in [0.15, 0.2) is 188 Å². The zero-order chi connectivity index (χ0) is 51.4. The fourth-order valence-electron chi connectivity index (χ4n) is 7.51. The molecule has 0 radical (unpaired) electrons. The highest BCUT2D eigenvalue weighted by Crippen LogP contribution is 2.39. The van der Waals surface area contributed by atoms with Crippen LogP contribution in [0.25, 0.3) is 72.3 Å². The smallest absolute Gasteiger partial charge is 0.269 e. The molecule has 0 aliphatic heterocycles. The van der Waals surface area contributed by atoms with Crippen molar-refractivity contribution in [2.75, 3.05) is 0 Å². The number of ether oxygens (including phenoxy) is 1. The van der Waals surface area contributed by atoms with Crippen LogP contribution in [0.5, 0.6) is 11.5 Å². The minimum Gasteiger partial charge on any atom is -0.458 e. The van der Waals surface area contributed by atoms with Crippen LogP contribution in [0.2, 0.25) is 0 Å². The van der Waals surface area contributed by atoms with E-state index in [0.717, 1.165) is 16.3 Å². The third-order valence-electron chi connectivity index (χ3n) is 10.9. The van der Waals surface area contributed by atoms with Gasteiger partial charge in [0.15, 0.2) is 0 Å². The second-order valence-corrected chi connectivity index (χ2v) is 15.4. The van der Waals surface area contributed by atoms with Gasteiger partial charge in [-0.15, -0.1) is 0 Å². The van der Waals surface area contributed by atoms with E-state index in [-0.39, 0.29) is 63.3 Å². The molecule has 10 aromatic rings. The Kier molecular flexibility index (Phi) is 6.07. The van der Waals surface area contributed by atoms with E-state index in [4.69, 9.17) is 21.2 Å². The van der Waals surface area contributed by atoms with Gasteiger partial charge in [0.25, 0.3) is 6.33 Å². The molecule has 1 unspecified atom stereocenters. The molecule has 0 amide bonds. The summed E-state index contributed by atoms with van der Waals surface area (Å²) in [5.74, 6) is 0.889. The van der Waals surface area contributed by atoms with Crippen molar-refractivity contribution in [1.82, 2.24) is 14.1 Å². The van der Waals surface area contributed by atoms with Gasteiger partial charge < -0.3 is 4.74 Å². The van der Waals surface area contributed by atoms with Crippen molar-refractivity contribution in [3.63, 3.8) is 0 Å². The summed E-state index contributed by atoms with van der Waals surface area (Å²) in [7, 11) is 0. The van der Waals surface area contributed by atoms with Crippen molar-refractivity contribution < 1.29 is 27.1 Å². The van der Waals surface area contributed by atoms with Crippen molar-refractivity contribution >= 4 is 32.8 Å². The topological polar surface area (TPSA) is 35.9 Å². The van der Waals surface area contributed by atoms with Gasteiger partial charge in [-0.3, -0.25) is 13.7 Å². The molecule has 1 atom stereocenters. The van der Waals surface area contributed by atoms with Crippen molar-refractivity contribution in [2.45, 2.75) is 33.6 Å². The number of para-hydroxylation sites is 4. The standard InChI is InChI=1S/C54H44N4O/c1-37(54(2,3)4)40-31-32-55-52(33-40)58-48-26-12-11-23-46(48)47-30-29-43(35-51(47)58)59-42-22-15-21-41(34-42)56-36-57(50-28-14-13-27-49(50)56)53-44(38-17-7-5-8-18-38)24-16-25-45(53)39-19-9-6-10-20-39/h5-35,37H,1-4H3/i5D,6D,7D,8D,9D,10D,17D,18D,19D,20D,31D,32D,33D. The maximum Gasteiger partial charge on any atom is 0.269 e. The summed E-state index contributed by atoms with van der Waals surface area (Å²) in [5.41, 5.74) is 3.41. The molecule has 286 valence electrons. The van der Waals surface area contributed by atoms with Gasteiger partial charge in [0.05, 0.1) is 51.3 Å². The van der Waals surface area contributed by atoms with Crippen LogP contribution >= 0.6 is 0 Å². The maximum absolute atomic E-state index is 9.47. The fraction of sp³-hybridized carbons (Fsp3) is 0.111. The van der Waals surface area contributed by atoms with Gasteiger partial charge in [-0.1, -0.05) is 155 Å². The summed E-state index contributed by atoms with van der Waals surface area (Å²) in [6.45, 7) is 8.11. The first-order valence-electron chi connectivity index (χ1n) is 25.7. The van der Waals surface area contributed by atoms with E-state index in [1.54, 1.807) is 57.7 Å². The number of pyridine rings is 1.